The molecule has 0 radical (unpaired) electrons. The molecule has 0 heterocycles. The van der Waals surface area contributed by atoms with Gasteiger partial charge in [-0.05, 0) is 17.5 Å². The Balaban J connectivity index is 3.14. The molecule has 1 atom stereocenters. The molecular weight excluding hydrogens is 158 g/mol. The third-order valence-electron chi connectivity index (χ3n) is 2.46. The zero-order chi connectivity index (χ0) is 9.84. The predicted octanol–water partition coefficient (Wildman–Crippen LogP) is 3.12. The van der Waals surface area contributed by atoms with Gasteiger partial charge in [-0.2, -0.15) is 0 Å². The van der Waals surface area contributed by atoms with Crippen molar-refractivity contribution in [2.24, 2.45) is 0 Å². The molecule has 0 aliphatic carbocycles. The summed E-state index contributed by atoms with van der Waals surface area (Å²) in [6.45, 7) is 8.01. The van der Waals surface area contributed by atoms with Crippen LogP contribution in [0.5, 0.6) is 0 Å². The van der Waals surface area contributed by atoms with Crippen LogP contribution in [0.2, 0.25) is 0 Å². The standard InChI is InChI=1S/C12H17N/c1-4-9(3)11-8-6-7-10(5-2)12(11)13/h4,6-9H,1,5,13H2,2-3H3. The van der Waals surface area contributed by atoms with Crippen LogP contribution in [-0.2, 0) is 6.42 Å². The Hall–Kier alpha value is -1.24. The van der Waals surface area contributed by atoms with Gasteiger partial charge in [-0.1, -0.05) is 38.1 Å². The lowest BCUT2D eigenvalue weighted by atomic mass is 9.96. The highest BCUT2D eigenvalue weighted by Crippen LogP contribution is 2.25. The van der Waals surface area contributed by atoms with Crippen molar-refractivity contribution in [3.8, 4) is 0 Å². The molecule has 0 saturated heterocycles. The Labute approximate surface area is 80.3 Å². The Morgan fingerprint density at radius 3 is 2.77 bits per heavy atom. The van der Waals surface area contributed by atoms with E-state index in [1.165, 1.54) is 11.1 Å². The highest BCUT2D eigenvalue weighted by Gasteiger charge is 2.07. The Morgan fingerprint density at radius 1 is 1.54 bits per heavy atom. The third-order valence-corrected chi connectivity index (χ3v) is 2.46. The average Bonchev–Trinajstić information content (AvgIpc) is 2.17. The van der Waals surface area contributed by atoms with Crippen LogP contribution in [0.25, 0.3) is 0 Å². The van der Waals surface area contributed by atoms with Gasteiger partial charge in [0.25, 0.3) is 0 Å². The zero-order valence-corrected chi connectivity index (χ0v) is 8.38. The fourth-order valence-electron chi connectivity index (χ4n) is 1.47. The number of para-hydroxylation sites is 1. The quantitative estimate of drug-likeness (QED) is 0.554. The molecule has 0 aliphatic heterocycles. The molecule has 70 valence electrons. The lowest BCUT2D eigenvalue weighted by Crippen LogP contribution is -2.00. The number of benzene rings is 1. The molecule has 1 unspecified atom stereocenters. The summed E-state index contributed by atoms with van der Waals surface area (Å²) in [4.78, 5) is 0. The fraction of sp³-hybridized carbons (Fsp3) is 0.333. The summed E-state index contributed by atoms with van der Waals surface area (Å²) in [5, 5.41) is 0. The Kier molecular flexibility index (Phi) is 3.13. The van der Waals surface area contributed by atoms with Crippen molar-refractivity contribution in [2.75, 3.05) is 5.73 Å². The second-order valence-corrected chi connectivity index (χ2v) is 3.30. The van der Waals surface area contributed by atoms with E-state index < -0.39 is 0 Å². The molecule has 0 bridgehead atoms. The van der Waals surface area contributed by atoms with E-state index in [1.54, 1.807) is 0 Å². The first-order chi connectivity index (χ1) is 6.20. The van der Waals surface area contributed by atoms with E-state index in [0.29, 0.717) is 5.92 Å². The first-order valence-corrected chi connectivity index (χ1v) is 4.70. The van der Waals surface area contributed by atoms with E-state index in [0.717, 1.165) is 12.1 Å². The smallest absolute Gasteiger partial charge is 0.0384 e. The molecule has 1 heteroatoms. The number of hydrogen-bond acceptors (Lipinski definition) is 1. The summed E-state index contributed by atoms with van der Waals surface area (Å²) < 4.78 is 0. The maximum atomic E-state index is 6.02. The average molecular weight is 175 g/mol. The Bertz CT molecular complexity index is 302. The lowest BCUT2D eigenvalue weighted by molar-refractivity contribution is 0.966. The number of anilines is 1. The molecule has 0 spiro atoms. The minimum atomic E-state index is 0.339. The van der Waals surface area contributed by atoms with Gasteiger partial charge in [-0.25, -0.2) is 0 Å². The molecule has 0 fully saturated rings. The maximum Gasteiger partial charge on any atom is 0.0384 e. The monoisotopic (exact) mass is 175 g/mol. The first-order valence-electron chi connectivity index (χ1n) is 4.70. The van der Waals surface area contributed by atoms with Crippen molar-refractivity contribution in [2.45, 2.75) is 26.2 Å². The molecule has 2 N–H and O–H groups in total. The van der Waals surface area contributed by atoms with Crippen LogP contribution < -0.4 is 5.73 Å². The summed E-state index contributed by atoms with van der Waals surface area (Å²) in [7, 11) is 0. The van der Waals surface area contributed by atoms with Crippen molar-refractivity contribution in [1.82, 2.24) is 0 Å². The number of allylic oxidation sites excluding steroid dienone is 1. The van der Waals surface area contributed by atoms with Crippen molar-refractivity contribution in [3.63, 3.8) is 0 Å². The van der Waals surface area contributed by atoms with Crippen LogP contribution in [0.4, 0.5) is 5.69 Å². The first kappa shape index (κ1) is 9.85. The molecule has 1 aromatic rings. The zero-order valence-electron chi connectivity index (χ0n) is 8.38. The molecular formula is C12H17N. The second-order valence-electron chi connectivity index (χ2n) is 3.30. The van der Waals surface area contributed by atoms with Gasteiger partial charge in [-0.3, -0.25) is 0 Å². The summed E-state index contributed by atoms with van der Waals surface area (Å²) in [5.74, 6) is 0.339. The van der Waals surface area contributed by atoms with Crippen LogP contribution in [0, 0.1) is 0 Å². The van der Waals surface area contributed by atoms with Crippen molar-refractivity contribution in [3.05, 3.63) is 42.0 Å². The number of rotatable bonds is 3. The van der Waals surface area contributed by atoms with Crippen LogP contribution in [0.15, 0.2) is 30.9 Å². The fourth-order valence-corrected chi connectivity index (χ4v) is 1.47. The largest absolute Gasteiger partial charge is 0.398 e. The number of nitrogens with two attached hydrogens (primary N) is 1. The molecule has 1 rings (SSSR count). The second kappa shape index (κ2) is 4.13. The van der Waals surface area contributed by atoms with Gasteiger partial charge in [0.15, 0.2) is 0 Å². The van der Waals surface area contributed by atoms with Crippen molar-refractivity contribution >= 4 is 5.69 Å². The van der Waals surface area contributed by atoms with Crippen LogP contribution >= 0.6 is 0 Å². The van der Waals surface area contributed by atoms with E-state index >= 15 is 0 Å². The lowest BCUT2D eigenvalue weighted by Gasteiger charge is -2.12. The van der Waals surface area contributed by atoms with Crippen LogP contribution in [-0.4, -0.2) is 0 Å². The van der Waals surface area contributed by atoms with E-state index in [2.05, 4.69) is 38.6 Å². The predicted molar refractivity (Wildman–Crippen MR) is 58.8 cm³/mol. The van der Waals surface area contributed by atoms with Gasteiger partial charge >= 0.3 is 0 Å². The summed E-state index contributed by atoms with van der Waals surface area (Å²) in [6, 6.07) is 6.21. The van der Waals surface area contributed by atoms with E-state index in [4.69, 9.17) is 5.73 Å². The van der Waals surface area contributed by atoms with Gasteiger partial charge in [-0.15, -0.1) is 6.58 Å². The van der Waals surface area contributed by atoms with Gasteiger partial charge in [0.1, 0.15) is 0 Å². The molecule has 0 amide bonds. The molecule has 1 aromatic carbocycles. The maximum absolute atomic E-state index is 6.02. The number of aryl methyl sites for hydroxylation is 1. The molecule has 13 heavy (non-hydrogen) atoms. The Morgan fingerprint density at radius 2 is 2.23 bits per heavy atom. The van der Waals surface area contributed by atoms with E-state index in [-0.39, 0.29) is 0 Å². The van der Waals surface area contributed by atoms with Crippen LogP contribution in [0.1, 0.15) is 30.9 Å². The SMILES string of the molecule is C=CC(C)c1cccc(CC)c1N. The summed E-state index contributed by atoms with van der Waals surface area (Å²) >= 11 is 0. The number of hydrogen-bond donors (Lipinski definition) is 1. The van der Waals surface area contributed by atoms with Crippen molar-refractivity contribution < 1.29 is 0 Å². The highest BCUT2D eigenvalue weighted by molar-refractivity contribution is 5.55. The van der Waals surface area contributed by atoms with Crippen LogP contribution in [0.3, 0.4) is 0 Å². The number of nitrogen functional groups attached to an aromatic ring is 1. The minimum Gasteiger partial charge on any atom is -0.398 e. The van der Waals surface area contributed by atoms with E-state index in [9.17, 15) is 0 Å². The summed E-state index contributed by atoms with van der Waals surface area (Å²) in [6.07, 6.45) is 2.91. The van der Waals surface area contributed by atoms with Crippen molar-refractivity contribution in [1.29, 1.82) is 0 Å². The van der Waals surface area contributed by atoms with E-state index in [1.807, 2.05) is 6.08 Å². The van der Waals surface area contributed by atoms with Gasteiger partial charge in [0.05, 0.1) is 0 Å². The molecule has 1 nitrogen and oxygen atoms in total. The third kappa shape index (κ3) is 1.92. The topological polar surface area (TPSA) is 26.0 Å². The minimum absolute atomic E-state index is 0.339. The van der Waals surface area contributed by atoms with Gasteiger partial charge in [0, 0.05) is 11.6 Å². The normalized spacial score (nSPS) is 12.5. The molecule has 0 aliphatic rings. The molecule has 0 saturated carbocycles. The molecule has 0 aromatic heterocycles. The van der Waals surface area contributed by atoms with Gasteiger partial charge in [0.2, 0.25) is 0 Å². The highest BCUT2D eigenvalue weighted by atomic mass is 14.6. The summed E-state index contributed by atoms with van der Waals surface area (Å²) in [5.41, 5.74) is 9.37. The van der Waals surface area contributed by atoms with Gasteiger partial charge < -0.3 is 5.73 Å².